The fourth-order valence-corrected chi connectivity index (χ4v) is 21.3. The quantitative estimate of drug-likeness (QED) is 0.0538. The third kappa shape index (κ3) is 17.5. The molecular weight excluding hydrogens is 473 g/mol. The van der Waals surface area contributed by atoms with E-state index in [2.05, 4.69) is 27.7 Å². The second kappa shape index (κ2) is 24.5. The van der Waals surface area contributed by atoms with Gasteiger partial charge in [-0.2, -0.15) is 0 Å². The number of rotatable bonds is 24. The van der Waals surface area contributed by atoms with Crippen LogP contribution in [0.5, 0.6) is 0 Å². The monoisotopic (exact) mass is 526 g/mol. The number of hydrogen-bond acceptors (Lipinski definition) is 5. The fraction of sp³-hybridized carbons (Fsp3) is 1.00. The molecule has 2 atom stereocenters. The highest BCUT2D eigenvalue weighted by Gasteiger charge is 2.27. The average molecular weight is 527 g/mol. The van der Waals surface area contributed by atoms with Crippen LogP contribution in [0.15, 0.2) is 0 Å². The molecule has 0 aromatic heterocycles. The van der Waals surface area contributed by atoms with Gasteiger partial charge in [-0.15, -0.1) is 0 Å². The summed E-state index contributed by atoms with van der Waals surface area (Å²) in [5.41, 5.74) is 0. The first-order chi connectivity index (χ1) is 15.2. The standard InChI is InChI=1S/C24H54O2S3Si2/c1-7-11-15-19-30(20-16-12-8-2)23(25-5)27-29-28-24(26-6)31(21-17-13-9-3)22-18-14-10-4/h23-24,30-31H,7-22H2,1-6H3. The Morgan fingerprint density at radius 3 is 1.03 bits per heavy atom. The lowest BCUT2D eigenvalue weighted by atomic mass is 10.3. The highest BCUT2D eigenvalue weighted by molar-refractivity contribution is 9.09. The molecular formula is C24H54O2S3Si2. The molecule has 0 amide bonds. The van der Waals surface area contributed by atoms with Gasteiger partial charge in [0.25, 0.3) is 0 Å². The van der Waals surface area contributed by atoms with Crippen LogP contribution >= 0.6 is 31.4 Å². The summed E-state index contributed by atoms with van der Waals surface area (Å²) < 4.78 is 12.1. The molecule has 0 saturated heterocycles. The molecule has 0 N–H and O–H groups in total. The molecule has 0 spiro atoms. The first-order valence-electron chi connectivity index (χ1n) is 13.2. The summed E-state index contributed by atoms with van der Waals surface area (Å²) in [5, 5.41) is 0.896. The van der Waals surface area contributed by atoms with Crippen molar-refractivity contribution in [1.29, 1.82) is 0 Å². The van der Waals surface area contributed by atoms with Crippen molar-refractivity contribution in [1.82, 2.24) is 0 Å². The predicted octanol–water partition coefficient (Wildman–Crippen LogP) is 9.25. The Bertz CT molecular complexity index is 316. The summed E-state index contributed by atoms with van der Waals surface area (Å²) in [6.45, 7) is 9.26. The van der Waals surface area contributed by atoms with Crippen LogP contribution in [0.3, 0.4) is 0 Å². The van der Waals surface area contributed by atoms with Crippen LogP contribution in [0.4, 0.5) is 0 Å². The maximum Gasteiger partial charge on any atom is 0.0984 e. The minimum absolute atomic E-state index is 0.448. The lowest BCUT2D eigenvalue weighted by molar-refractivity contribution is 0.224. The molecule has 0 radical (unpaired) electrons. The van der Waals surface area contributed by atoms with Crippen molar-refractivity contribution in [2.75, 3.05) is 14.2 Å². The van der Waals surface area contributed by atoms with E-state index in [1.165, 1.54) is 101 Å². The van der Waals surface area contributed by atoms with Gasteiger partial charge in [-0.1, -0.05) is 151 Å². The van der Waals surface area contributed by atoms with E-state index in [1.54, 1.807) is 0 Å². The van der Waals surface area contributed by atoms with Crippen LogP contribution in [0, 0.1) is 0 Å². The molecule has 0 saturated carbocycles. The Labute approximate surface area is 210 Å². The molecule has 7 heteroatoms. The third-order valence-electron chi connectivity index (χ3n) is 6.22. The lowest BCUT2D eigenvalue weighted by Gasteiger charge is -2.26. The zero-order chi connectivity index (χ0) is 23.2. The van der Waals surface area contributed by atoms with Crippen LogP contribution in [-0.4, -0.2) is 41.9 Å². The summed E-state index contributed by atoms with van der Waals surface area (Å²) in [6.07, 6.45) is 16.4. The zero-order valence-corrected chi connectivity index (χ0v) is 26.4. The van der Waals surface area contributed by atoms with Gasteiger partial charge in [-0.25, -0.2) is 0 Å². The van der Waals surface area contributed by atoms with Gasteiger partial charge >= 0.3 is 0 Å². The van der Waals surface area contributed by atoms with Crippen LogP contribution < -0.4 is 0 Å². The van der Waals surface area contributed by atoms with Gasteiger partial charge in [0.1, 0.15) is 0 Å². The number of ether oxygens (including phenoxy) is 2. The molecule has 0 rings (SSSR count). The molecule has 0 heterocycles. The Kier molecular flexibility index (Phi) is 25.6. The first-order valence-corrected chi connectivity index (χ1v) is 21.4. The molecule has 0 fully saturated rings. The zero-order valence-electron chi connectivity index (χ0n) is 21.7. The summed E-state index contributed by atoms with van der Waals surface area (Å²) in [4.78, 5) is 0. The predicted molar refractivity (Wildman–Crippen MR) is 156 cm³/mol. The van der Waals surface area contributed by atoms with E-state index in [4.69, 9.17) is 9.47 Å². The van der Waals surface area contributed by atoms with Gasteiger partial charge in [-0.05, 0) is 9.83 Å². The van der Waals surface area contributed by atoms with Crippen molar-refractivity contribution in [2.24, 2.45) is 0 Å². The van der Waals surface area contributed by atoms with Gasteiger partial charge in [0.2, 0.25) is 0 Å². The Morgan fingerprint density at radius 1 is 0.516 bits per heavy atom. The van der Waals surface area contributed by atoms with Gasteiger partial charge < -0.3 is 9.47 Å². The van der Waals surface area contributed by atoms with Crippen molar-refractivity contribution in [3.05, 3.63) is 0 Å². The van der Waals surface area contributed by atoms with Crippen molar-refractivity contribution in [3.8, 4) is 0 Å². The average Bonchev–Trinajstić information content (AvgIpc) is 2.78. The van der Waals surface area contributed by atoms with E-state index >= 15 is 0 Å². The van der Waals surface area contributed by atoms with Gasteiger partial charge in [-0.3, -0.25) is 0 Å². The highest BCUT2D eigenvalue weighted by atomic mass is 33.5. The smallest absolute Gasteiger partial charge is 0.0984 e. The largest absolute Gasteiger partial charge is 0.374 e. The van der Waals surface area contributed by atoms with E-state index < -0.39 is 17.6 Å². The SMILES string of the molecule is CCCCC[SiH](CCCCC)C(OC)SSSC(OC)[SiH](CCCCC)CCCCC. The van der Waals surface area contributed by atoms with Crippen molar-refractivity contribution < 1.29 is 9.47 Å². The van der Waals surface area contributed by atoms with E-state index in [0.29, 0.717) is 10.1 Å². The minimum atomic E-state index is -0.877. The van der Waals surface area contributed by atoms with E-state index in [-0.39, 0.29) is 0 Å². The summed E-state index contributed by atoms with van der Waals surface area (Å²) in [7, 11) is 8.18. The lowest BCUT2D eigenvalue weighted by Crippen LogP contribution is -2.30. The number of methoxy groups -OCH3 is 2. The van der Waals surface area contributed by atoms with Crippen LogP contribution in [0.2, 0.25) is 24.2 Å². The molecule has 0 aromatic carbocycles. The second-order valence-electron chi connectivity index (χ2n) is 8.97. The van der Waals surface area contributed by atoms with Gasteiger partial charge in [0.15, 0.2) is 0 Å². The van der Waals surface area contributed by atoms with Gasteiger partial charge in [0, 0.05) is 14.2 Å². The summed E-state index contributed by atoms with van der Waals surface area (Å²) >= 11 is 0. The molecule has 0 bridgehead atoms. The van der Waals surface area contributed by atoms with Gasteiger partial charge in [0.05, 0.1) is 27.7 Å². The van der Waals surface area contributed by atoms with Crippen molar-refractivity contribution in [3.63, 3.8) is 0 Å². The Morgan fingerprint density at radius 2 is 0.806 bits per heavy atom. The molecule has 188 valence electrons. The van der Waals surface area contributed by atoms with E-state index in [1.807, 2.05) is 45.6 Å². The maximum absolute atomic E-state index is 6.07. The normalized spacial score (nSPS) is 13.9. The van der Waals surface area contributed by atoms with E-state index in [0.717, 1.165) is 0 Å². The first kappa shape index (κ1) is 32.4. The molecule has 0 aromatic rings. The molecule has 0 aliphatic heterocycles. The summed E-state index contributed by atoms with van der Waals surface area (Å²) in [6, 6.07) is 5.81. The van der Waals surface area contributed by atoms with Crippen LogP contribution in [0.1, 0.15) is 105 Å². The fourth-order valence-electron chi connectivity index (χ4n) is 4.18. The summed E-state index contributed by atoms with van der Waals surface area (Å²) in [5.74, 6) is 0. The minimum Gasteiger partial charge on any atom is -0.374 e. The molecule has 0 aliphatic carbocycles. The maximum atomic E-state index is 6.07. The number of unbranched alkanes of at least 4 members (excludes halogenated alkanes) is 8. The van der Waals surface area contributed by atoms with Crippen LogP contribution in [-0.2, 0) is 9.47 Å². The Hall–Kier alpha value is 1.40. The third-order valence-corrected chi connectivity index (χ3v) is 21.2. The highest BCUT2D eigenvalue weighted by Crippen LogP contribution is 2.44. The molecule has 31 heavy (non-hydrogen) atoms. The molecule has 2 nitrogen and oxygen atoms in total. The van der Waals surface area contributed by atoms with Crippen molar-refractivity contribution >= 4 is 49.0 Å². The Balaban J connectivity index is 4.72. The number of hydrogen-bond donors (Lipinski definition) is 0. The molecule has 0 aliphatic rings. The molecule has 2 unspecified atom stereocenters. The topological polar surface area (TPSA) is 18.5 Å². The van der Waals surface area contributed by atoms with Crippen LogP contribution in [0.25, 0.3) is 0 Å². The van der Waals surface area contributed by atoms with Crippen molar-refractivity contribution in [2.45, 2.75) is 139 Å². The second-order valence-corrected chi connectivity index (χ2v) is 20.7. The van der Waals surface area contributed by atoms with E-state index in [9.17, 15) is 0 Å².